The molecule has 1 unspecified atom stereocenters. The van der Waals surface area contributed by atoms with Crippen molar-refractivity contribution in [2.75, 3.05) is 6.26 Å². The third kappa shape index (κ3) is 3.17. The summed E-state index contributed by atoms with van der Waals surface area (Å²) in [4.78, 5) is 12.2. The number of esters is 1. The van der Waals surface area contributed by atoms with Gasteiger partial charge in [-0.1, -0.05) is 48.5 Å². The molecule has 0 aliphatic rings. The van der Waals surface area contributed by atoms with Crippen LogP contribution in [0.1, 0.15) is 18.1 Å². The normalized spacial score (nSPS) is 12.4. The molecule has 0 spiro atoms. The minimum Gasteiger partial charge on any atom is -0.611 e. The predicted molar refractivity (Wildman–Crippen MR) is 113 cm³/mol. The molecule has 0 bridgehead atoms. The Hall–Kier alpha value is -2.76. The fraction of sp³-hybridized carbons (Fsp3) is 0.174. The number of fused-ring (bicyclic) bond motifs is 3. The Labute approximate surface area is 166 Å². The van der Waals surface area contributed by atoms with E-state index in [9.17, 15) is 9.35 Å². The number of benzene rings is 3. The van der Waals surface area contributed by atoms with E-state index in [1.54, 1.807) is 6.26 Å². The molecule has 4 rings (SSSR count). The molecular formula is C23H21NO3S. The zero-order valence-electron chi connectivity index (χ0n) is 16.1. The predicted octanol–water partition coefficient (Wildman–Crippen LogP) is 4.81. The summed E-state index contributed by atoms with van der Waals surface area (Å²) in [5, 5.41) is 2.15. The SMILES string of the molecule is CC(=O)Oc1cc(C)c2c3ccccc3n(Cc3ccccc3)c2c1[S+](C)[O-]. The van der Waals surface area contributed by atoms with Gasteiger partial charge < -0.3 is 13.9 Å². The molecule has 0 saturated heterocycles. The third-order valence-electron chi connectivity index (χ3n) is 4.88. The number of carbonyl (C=O) groups excluding carboxylic acids is 1. The maximum absolute atomic E-state index is 12.8. The highest BCUT2D eigenvalue weighted by Crippen LogP contribution is 2.40. The Balaban J connectivity index is 2.12. The van der Waals surface area contributed by atoms with Crippen molar-refractivity contribution in [3.05, 3.63) is 71.8 Å². The average Bonchev–Trinajstić information content (AvgIpc) is 2.97. The number of nitrogens with zero attached hydrogens (tertiary/aromatic N) is 1. The number of ether oxygens (including phenoxy) is 1. The maximum atomic E-state index is 12.8. The highest BCUT2D eigenvalue weighted by molar-refractivity contribution is 7.91. The Morgan fingerprint density at radius 3 is 2.46 bits per heavy atom. The Morgan fingerprint density at radius 2 is 1.79 bits per heavy atom. The van der Waals surface area contributed by atoms with E-state index in [2.05, 4.69) is 28.8 Å². The van der Waals surface area contributed by atoms with Crippen LogP contribution in [0.4, 0.5) is 0 Å². The summed E-state index contributed by atoms with van der Waals surface area (Å²) >= 11 is -1.33. The topological polar surface area (TPSA) is 54.3 Å². The second kappa shape index (κ2) is 7.34. The van der Waals surface area contributed by atoms with Crippen molar-refractivity contribution in [1.82, 2.24) is 4.57 Å². The summed E-state index contributed by atoms with van der Waals surface area (Å²) in [5.41, 5.74) is 4.07. The van der Waals surface area contributed by atoms with Crippen LogP contribution in [0.3, 0.4) is 0 Å². The number of rotatable bonds is 4. The lowest BCUT2D eigenvalue weighted by Crippen LogP contribution is -2.10. The molecule has 1 aromatic heterocycles. The molecule has 0 aliphatic heterocycles. The highest BCUT2D eigenvalue weighted by atomic mass is 32.2. The van der Waals surface area contributed by atoms with E-state index in [0.717, 1.165) is 32.9 Å². The maximum Gasteiger partial charge on any atom is 0.308 e. The van der Waals surface area contributed by atoms with Crippen molar-refractivity contribution in [3.63, 3.8) is 0 Å². The second-order valence-corrected chi connectivity index (χ2v) is 8.20. The Bertz CT molecular complexity index is 1180. The van der Waals surface area contributed by atoms with E-state index in [4.69, 9.17) is 4.74 Å². The van der Waals surface area contributed by atoms with Crippen molar-refractivity contribution in [2.45, 2.75) is 25.3 Å². The summed E-state index contributed by atoms with van der Waals surface area (Å²) in [5.74, 6) is -0.0494. The van der Waals surface area contributed by atoms with E-state index in [1.165, 1.54) is 6.92 Å². The first kappa shape index (κ1) is 18.6. The molecule has 0 aliphatic carbocycles. The fourth-order valence-electron chi connectivity index (χ4n) is 3.83. The zero-order valence-corrected chi connectivity index (χ0v) is 16.9. The van der Waals surface area contributed by atoms with E-state index < -0.39 is 17.1 Å². The minimum absolute atomic E-state index is 0.371. The second-order valence-electron chi connectivity index (χ2n) is 6.88. The highest BCUT2D eigenvalue weighted by Gasteiger charge is 2.26. The molecule has 0 fully saturated rings. The number of carbonyl (C=O) groups is 1. The molecule has 1 atom stereocenters. The Kier molecular flexibility index (Phi) is 4.87. The van der Waals surface area contributed by atoms with Crippen LogP contribution >= 0.6 is 0 Å². The number of aryl methyl sites for hydroxylation is 1. The molecule has 0 radical (unpaired) electrons. The smallest absolute Gasteiger partial charge is 0.308 e. The van der Waals surface area contributed by atoms with Crippen LogP contribution in [0, 0.1) is 6.92 Å². The van der Waals surface area contributed by atoms with Gasteiger partial charge in [0.1, 0.15) is 11.8 Å². The Morgan fingerprint density at radius 1 is 1.11 bits per heavy atom. The summed E-state index contributed by atoms with van der Waals surface area (Å²) < 4.78 is 20.4. The first-order chi connectivity index (χ1) is 13.5. The molecule has 0 N–H and O–H groups in total. The van der Waals surface area contributed by atoms with Gasteiger partial charge in [-0.15, -0.1) is 0 Å². The van der Waals surface area contributed by atoms with Crippen molar-refractivity contribution in [3.8, 4) is 5.75 Å². The lowest BCUT2D eigenvalue weighted by atomic mass is 10.1. The molecule has 0 saturated carbocycles. The molecule has 28 heavy (non-hydrogen) atoms. The first-order valence-electron chi connectivity index (χ1n) is 9.07. The molecule has 3 aromatic carbocycles. The standard InChI is InChI=1S/C23H21NO3S/c1-15-13-20(27-16(2)25)23(28(3)26)22-21(15)18-11-7-8-12-19(18)24(22)14-17-9-5-4-6-10-17/h4-13H,14H2,1-3H3. The fourth-order valence-corrected chi connectivity index (χ4v) is 4.70. The van der Waals surface area contributed by atoms with Crippen LogP contribution in [0.5, 0.6) is 5.75 Å². The number of hydrogen-bond donors (Lipinski definition) is 0. The third-order valence-corrected chi connectivity index (χ3v) is 5.85. The molecular weight excluding hydrogens is 370 g/mol. The molecule has 0 amide bonds. The van der Waals surface area contributed by atoms with Crippen molar-refractivity contribution in [1.29, 1.82) is 0 Å². The van der Waals surface area contributed by atoms with Crippen molar-refractivity contribution < 1.29 is 14.1 Å². The minimum atomic E-state index is -1.33. The van der Waals surface area contributed by atoms with Gasteiger partial charge >= 0.3 is 5.97 Å². The largest absolute Gasteiger partial charge is 0.611 e. The quantitative estimate of drug-likeness (QED) is 0.285. The van der Waals surface area contributed by atoms with Crippen LogP contribution in [-0.2, 0) is 22.5 Å². The van der Waals surface area contributed by atoms with Crippen LogP contribution < -0.4 is 4.74 Å². The number of aromatic nitrogens is 1. The van der Waals surface area contributed by atoms with Gasteiger partial charge in [0.2, 0.25) is 4.90 Å². The van der Waals surface area contributed by atoms with E-state index in [1.807, 2.05) is 43.3 Å². The van der Waals surface area contributed by atoms with Gasteiger partial charge in [0.15, 0.2) is 5.75 Å². The molecule has 5 heteroatoms. The van der Waals surface area contributed by atoms with Crippen LogP contribution in [0.2, 0.25) is 0 Å². The summed E-state index contributed by atoms with van der Waals surface area (Å²) in [6, 6.07) is 20.2. The van der Waals surface area contributed by atoms with Gasteiger partial charge in [-0.25, -0.2) is 0 Å². The van der Waals surface area contributed by atoms with Crippen molar-refractivity contribution >= 4 is 39.0 Å². The monoisotopic (exact) mass is 391 g/mol. The van der Waals surface area contributed by atoms with Crippen LogP contribution in [-0.4, -0.2) is 21.3 Å². The van der Waals surface area contributed by atoms with E-state index >= 15 is 0 Å². The average molecular weight is 391 g/mol. The molecule has 4 nitrogen and oxygen atoms in total. The number of hydrogen-bond acceptors (Lipinski definition) is 3. The van der Waals surface area contributed by atoms with Gasteiger partial charge in [0.25, 0.3) is 0 Å². The lowest BCUT2D eigenvalue weighted by molar-refractivity contribution is -0.132. The van der Waals surface area contributed by atoms with Crippen LogP contribution in [0.15, 0.2) is 65.6 Å². The lowest BCUT2D eigenvalue weighted by Gasteiger charge is -2.15. The van der Waals surface area contributed by atoms with Crippen molar-refractivity contribution in [2.24, 2.45) is 0 Å². The zero-order chi connectivity index (χ0) is 19.8. The molecule has 4 aromatic rings. The van der Waals surface area contributed by atoms with Gasteiger partial charge in [-0.2, -0.15) is 0 Å². The summed E-state index contributed by atoms with van der Waals surface area (Å²) in [6.45, 7) is 4.00. The van der Waals surface area contributed by atoms with Gasteiger partial charge in [0.05, 0.1) is 0 Å². The molecule has 1 heterocycles. The summed E-state index contributed by atoms with van der Waals surface area (Å²) in [6.07, 6.45) is 1.63. The van der Waals surface area contributed by atoms with E-state index in [0.29, 0.717) is 17.2 Å². The number of para-hydroxylation sites is 1. The van der Waals surface area contributed by atoms with Gasteiger partial charge in [-0.3, -0.25) is 4.79 Å². The summed E-state index contributed by atoms with van der Waals surface area (Å²) in [7, 11) is 0. The van der Waals surface area contributed by atoms with E-state index in [-0.39, 0.29) is 0 Å². The van der Waals surface area contributed by atoms with Gasteiger partial charge in [-0.05, 0) is 41.4 Å². The van der Waals surface area contributed by atoms with Gasteiger partial charge in [0, 0.05) is 29.8 Å². The first-order valence-corrected chi connectivity index (χ1v) is 10.6. The van der Waals surface area contributed by atoms with Crippen LogP contribution in [0.25, 0.3) is 21.8 Å². The molecule has 142 valence electrons.